The van der Waals surface area contributed by atoms with E-state index in [0.29, 0.717) is 10.8 Å². The first-order valence-electron chi connectivity index (χ1n) is 7.04. The van der Waals surface area contributed by atoms with Gasteiger partial charge < -0.3 is 10.6 Å². The van der Waals surface area contributed by atoms with Gasteiger partial charge >= 0.3 is 0 Å². The molecule has 5 nitrogen and oxygen atoms in total. The lowest BCUT2D eigenvalue weighted by Crippen LogP contribution is -2.15. The molecule has 0 fully saturated rings. The zero-order chi connectivity index (χ0) is 16.9. The minimum atomic E-state index is -0.595. The summed E-state index contributed by atoms with van der Waals surface area (Å²) in [5.41, 5.74) is 0.709. The second kappa shape index (κ2) is 7.06. The van der Waals surface area contributed by atoms with E-state index >= 15 is 0 Å². The lowest BCUT2D eigenvalue weighted by atomic mass is 10.2. The molecule has 24 heavy (non-hydrogen) atoms. The molecule has 2 aromatic carbocycles. The summed E-state index contributed by atoms with van der Waals surface area (Å²) in [6, 6.07) is 16.1. The van der Waals surface area contributed by atoms with Gasteiger partial charge in [-0.2, -0.15) is 0 Å². The van der Waals surface area contributed by atoms with Crippen molar-refractivity contribution in [1.29, 1.82) is 0 Å². The summed E-state index contributed by atoms with van der Waals surface area (Å²) in [5.74, 6) is -0.471. The van der Waals surface area contributed by atoms with Crippen LogP contribution < -0.4 is 10.6 Å². The van der Waals surface area contributed by atoms with E-state index in [1.54, 1.807) is 36.4 Å². The lowest BCUT2D eigenvalue weighted by molar-refractivity contribution is 0.102. The number of anilines is 3. The molecule has 0 aliphatic carbocycles. The maximum absolute atomic E-state index is 13.6. The first kappa shape index (κ1) is 15.9. The fourth-order valence-electron chi connectivity index (χ4n) is 2.01. The van der Waals surface area contributed by atoms with Crippen molar-refractivity contribution < 1.29 is 9.18 Å². The van der Waals surface area contributed by atoms with Crippen LogP contribution in [0, 0.1) is 5.82 Å². The molecule has 0 unspecified atom stereocenters. The van der Waals surface area contributed by atoms with Gasteiger partial charge in [-0.25, -0.2) is 4.39 Å². The van der Waals surface area contributed by atoms with E-state index in [4.69, 9.17) is 11.6 Å². The summed E-state index contributed by atoms with van der Waals surface area (Å²) in [7, 11) is 0. The molecule has 7 heteroatoms. The number of amides is 1. The van der Waals surface area contributed by atoms with Crippen LogP contribution in [0.2, 0.25) is 5.02 Å². The quantitative estimate of drug-likeness (QED) is 0.743. The van der Waals surface area contributed by atoms with Crippen molar-refractivity contribution in [2.24, 2.45) is 0 Å². The summed E-state index contributed by atoms with van der Waals surface area (Å²) in [5, 5.41) is 14.0. The Hall–Kier alpha value is -2.99. The monoisotopic (exact) mass is 342 g/mol. The number of carbonyl (C=O) groups excluding carboxylic acids is 1. The molecule has 0 spiro atoms. The number of carbonyl (C=O) groups is 1. The van der Waals surface area contributed by atoms with E-state index in [0.717, 1.165) is 5.69 Å². The molecule has 1 heterocycles. The van der Waals surface area contributed by atoms with Crippen molar-refractivity contribution in [2.45, 2.75) is 0 Å². The van der Waals surface area contributed by atoms with Gasteiger partial charge in [0.1, 0.15) is 5.82 Å². The molecule has 0 saturated carbocycles. The van der Waals surface area contributed by atoms with E-state index in [-0.39, 0.29) is 11.4 Å². The fourth-order valence-corrected chi connectivity index (χ4v) is 2.20. The summed E-state index contributed by atoms with van der Waals surface area (Å²) >= 11 is 5.91. The summed E-state index contributed by atoms with van der Waals surface area (Å²) in [6.45, 7) is 0. The standard InChI is InChI=1S/C17H12ClFN4O/c18-11-4-3-5-12(10-11)20-15-8-9-16(23-22-15)21-17(24)13-6-1-2-7-14(13)19/h1-10H,(H,20,22)(H,21,23,24). The highest BCUT2D eigenvalue weighted by molar-refractivity contribution is 6.30. The molecule has 0 aliphatic rings. The zero-order valence-electron chi connectivity index (χ0n) is 12.3. The number of rotatable bonds is 4. The van der Waals surface area contributed by atoms with E-state index in [1.807, 2.05) is 6.07 Å². The topological polar surface area (TPSA) is 66.9 Å². The minimum Gasteiger partial charge on any atom is -0.339 e. The number of nitrogens with one attached hydrogen (secondary N) is 2. The molecule has 0 radical (unpaired) electrons. The van der Waals surface area contributed by atoms with Gasteiger partial charge in [0.25, 0.3) is 5.91 Å². The summed E-state index contributed by atoms with van der Waals surface area (Å²) in [4.78, 5) is 12.0. The Bertz CT molecular complexity index is 870. The maximum atomic E-state index is 13.6. The van der Waals surface area contributed by atoms with E-state index in [9.17, 15) is 9.18 Å². The smallest absolute Gasteiger partial charge is 0.259 e. The largest absolute Gasteiger partial charge is 0.339 e. The van der Waals surface area contributed by atoms with Crippen molar-refractivity contribution in [2.75, 3.05) is 10.6 Å². The SMILES string of the molecule is O=C(Nc1ccc(Nc2cccc(Cl)c2)nn1)c1ccccc1F. The van der Waals surface area contributed by atoms with Crippen LogP contribution in [0.5, 0.6) is 0 Å². The van der Waals surface area contributed by atoms with Crippen molar-refractivity contribution >= 4 is 34.8 Å². The molecule has 120 valence electrons. The summed E-state index contributed by atoms with van der Waals surface area (Å²) in [6.07, 6.45) is 0. The average molecular weight is 343 g/mol. The molecule has 1 aromatic heterocycles. The van der Waals surface area contributed by atoms with Crippen LogP contribution in [0.1, 0.15) is 10.4 Å². The molecular formula is C17H12ClFN4O. The molecule has 0 aliphatic heterocycles. The van der Waals surface area contributed by atoms with Crippen LogP contribution in [0.3, 0.4) is 0 Å². The first-order chi connectivity index (χ1) is 11.6. The fraction of sp³-hybridized carbons (Fsp3) is 0. The van der Waals surface area contributed by atoms with Gasteiger partial charge in [0.2, 0.25) is 0 Å². The van der Waals surface area contributed by atoms with Gasteiger partial charge in [-0.1, -0.05) is 29.8 Å². The molecule has 2 N–H and O–H groups in total. The predicted octanol–water partition coefficient (Wildman–Crippen LogP) is 4.27. The molecule has 0 bridgehead atoms. The normalized spacial score (nSPS) is 10.2. The number of benzene rings is 2. The van der Waals surface area contributed by atoms with E-state index < -0.39 is 11.7 Å². The van der Waals surface area contributed by atoms with Crippen LogP contribution >= 0.6 is 11.6 Å². The number of halogens is 2. The number of nitrogens with zero attached hydrogens (tertiary/aromatic N) is 2. The van der Waals surface area contributed by atoms with Crippen LogP contribution in [-0.2, 0) is 0 Å². The molecule has 3 rings (SSSR count). The predicted molar refractivity (Wildman–Crippen MR) is 91.1 cm³/mol. The lowest BCUT2D eigenvalue weighted by Gasteiger charge is -2.07. The van der Waals surface area contributed by atoms with Crippen molar-refractivity contribution in [3.8, 4) is 0 Å². The van der Waals surface area contributed by atoms with Crippen LogP contribution in [0.4, 0.5) is 21.7 Å². The maximum Gasteiger partial charge on any atom is 0.259 e. The van der Waals surface area contributed by atoms with Crippen molar-refractivity contribution in [3.63, 3.8) is 0 Å². The third-order valence-corrected chi connectivity index (χ3v) is 3.36. The highest BCUT2D eigenvalue weighted by Crippen LogP contribution is 2.19. The van der Waals surface area contributed by atoms with Gasteiger partial charge in [0, 0.05) is 10.7 Å². The Morgan fingerprint density at radius 2 is 1.71 bits per heavy atom. The number of hydrogen-bond donors (Lipinski definition) is 2. The minimum absolute atomic E-state index is 0.0552. The Labute approximate surface area is 142 Å². The second-order valence-corrected chi connectivity index (χ2v) is 5.31. The Balaban J connectivity index is 1.68. The molecule has 0 atom stereocenters. The Morgan fingerprint density at radius 1 is 0.958 bits per heavy atom. The highest BCUT2D eigenvalue weighted by Gasteiger charge is 2.11. The molecule has 1 amide bonds. The van der Waals surface area contributed by atoms with Gasteiger partial charge in [-0.15, -0.1) is 10.2 Å². The Morgan fingerprint density at radius 3 is 2.42 bits per heavy atom. The Kier molecular flexibility index (Phi) is 4.67. The van der Waals surface area contributed by atoms with E-state index in [2.05, 4.69) is 20.8 Å². The summed E-state index contributed by atoms with van der Waals surface area (Å²) < 4.78 is 13.6. The van der Waals surface area contributed by atoms with Crippen molar-refractivity contribution in [1.82, 2.24) is 10.2 Å². The number of hydrogen-bond acceptors (Lipinski definition) is 4. The second-order valence-electron chi connectivity index (χ2n) is 4.87. The molecular weight excluding hydrogens is 331 g/mol. The van der Waals surface area contributed by atoms with Crippen LogP contribution in [0.15, 0.2) is 60.7 Å². The average Bonchev–Trinajstić information content (AvgIpc) is 2.57. The molecule has 3 aromatic rings. The third-order valence-electron chi connectivity index (χ3n) is 3.12. The van der Waals surface area contributed by atoms with Gasteiger partial charge in [0.05, 0.1) is 5.56 Å². The molecule has 0 saturated heterocycles. The highest BCUT2D eigenvalue weighted by atomic mass is 35.5. The van der Waals surface area contributed by atoms with Crippen LogP contribution in [0.25, 0.3) is 0 Å². The third kappa shape index (κ3) is 3.85. The van der Waals surface area contributed by atoms with E-state index in [1.165, 1.54) is 18.2 Å². The first-order valence-corrected chi connectivity index (χ1v) is 7.42. The van der Waals surface area contributed by atoms with Crippen molar-refractivity contribution in [3.05, 3.63) is 77.1 Å². The van der Waals surface area contributed by atoms with Gasteiger partial charge in [-0.05, 0) is 42.5 Å². The number of aromatic nitrogens is 2. The van der Waals surface area contributed by atoms with Gasteiger partial charge in [-0.3, -0.25) is 4.79 Å². The van der Waals surface area contributed by atoms with Crippen LogP contribution in [-0.4, -0.2) is 16.1 Å². The zero-order valence-corrected chi connectivity index (χ0v) is 13.1. The van der Waals surface area contributed by atoms with Gasteiger partial charge in [0.15, 0.2) is 11.6 Å².